The second-order valence-electron chi connectivity index (χ2n) is 4.69. The minimum atomic E-state index is -4.18. The van der Waals surface area contributed by atoms with Crippen LogP contribution in [0, 0.1) is 0 Å². The molecule has 124 valence electrons. The molecule has 9 heteroatoms. The zero-order valence-electron chi connectivity index (χ0n) is 12.5. The number of rotatable bonds is 5. The summed E-state index contributed by atoms with van der Waals surface area (Å²) in [5, 5.41) is 9.68. The maximum absolute atomic E-state index is 12.1. The summed E-state index contributed by atoms with van der Waals surface area (Å²) >= 11 is 0. The molecule has 0 aliphatic rings. The molecule has 2 aromatic heterocycles. The molecule has 0 aliphatic heterocycles. The van der Waals surface area contributed by atoms with Gasteiger partial charge in [-0.3, -0.25) is 4.99 Å². The molecule has 0 saturated carbocycles. The molecule has 0 atom stereocenters. The van der Waals surface area contributed by atoms with Crippen LogP contribution in [0.25, 0.3) is 5.82 Å². The number of aromatic nitrogens is 3. The summed E-state index contributed by atoms with van der Waals surface area (Å²) in [5.74, 6) is 0.973. The molecular weight excluding hydrogens is 309 g/mol. The predicted molar refractivity (Wildman–Crippen MR) is 80.2 cm³/mol. The van der Waals surface area contributed by atoms with Crippen molar-refractivity contribution in [2.75, 3.05) is 13.6 Å². The molecule has 0 spiro atoms. The lowest BCUT2D eigenvalue weighted by Gasteiger charge is -2.13. The van der Waals surface area contributed by atoms with Crippen molar-refractivity contribution in [2.24, 2.45) is 4.99 Å². The Morgan fingerprint density at radius 3 is 2.78 bits per heavy atom. The molecule has 2 N–H and O–H groups in total. The maximum Gasteiger partial charge on any atom is 0.390 e. The number of halogens is 3. The highest BCUT2D eigenvalue weighted by Crippen LogP contribution is 2.18. The van der Waals surface area contributed by atoms with Gasteiger partial charge in [0.15, 0.2) is 11.8 Å². The van der Waals surface area contributed by atoms with Crippen LogP contribution in [0.2, 0.25) is 0 Å². The van der Waals surface area contributed by atoms with Crippen LogP contribution in [0.4, 0.5) is 13.2 Å². The first-order valence-electron chi connectivity index (χ1n) is 6.94. The van der Waals surface area contributed by atoms with E-state index >= 15 is 0 Å². The maximum atomic E-state index is 12.1. The monoisotopic (exact) mass is 326 g/mol. The van der Waals surface area contributed by atoms with Crippen molar-refractivity contribution in [2.45, 2.75) is 19.1 Å². The van der Waals surface area contributed by atoms with Gasteiger partial charge in [0.1, 0.15) is 0 Å². The molecular formula is C14H17F3N6. The Kier molecular flexibility index (Phi) is 5.56. The summed E-state index contributed by atoms with van der Waals surface area (Å²) in [4.78, 5) is 8.10. The number of hydrogen-bond acceptors (Lipinski definition) is 3. The number of aliphatic imine (C=N–C) groups is 1. The number of pyridine rings is 1. The van der Waals surface area contributed by atoms with Crippen LogP contribution in [-0.2, 0) is 6.54 Å². The van der Waals surface area contributed by atoms with Gasteiger partial charge in [-0.25, -0.2) is 9.67 Å². The lowest BCUT2D eigenvalue weighted by atomic mass is 10.2. The molecule has 0 amide bonds. The smallest absolute Gasteiger partial charge is 0.356 e. The molecule has 2 heterocycles. The van der Waals surface area contributed by atoms with Crippen molar-refractivity contribution in [1.29, 1.82) is 0 Å². The van der Waals surface area contributed by atoms with E-state index < -0.39 is 12.6 Å². The van der Waals surface area contributed by atoms with Gasteiger partial charge in [-0.2, -0.15) is 18.3 Å². The minimum Gasteiger partial charge on any atom is -0.356 e. The van der Waals surface area contributed by atoms with Crippen LogP contribution in [0.15, 0.2) is 41.8 Å². The summed E-state index contributed by atoms with van der Waals surface area (Å²) in [6, 6.07) is 5.44. The fourth-order valence-electron chi connectivity index (χ4n) is 1.83. The lowest BCUT2D eigenvalue weighted by molar-refractivity contribution is -0.132. The Labute approximate surface area is 131 Å². The first-order chi connectivity index (χ1) is 11.0. The van der Waals surface area contributed by atoms with E-state index in [-0.39, 0.29) is 6.54 Å². The van der Waals surface area contributed by atoms with Gasteiger partial charge in [-0.1, -0.05) is 0 Å². The number of alkyl halides is 3. The quantitative estimate of drug-likeness (QED) is 0.650. The Hall–Kier alpha value is -2.58. The SMILES string of the molecule is CN=C(NCCC(F)(F)F)NCc1ccnc(-n2cccn2)c1. The van der Waals surface area contributed by atoms with E-state index in [0.717, 1.165) is 5.56 Å². The van der Waals surface area contributed by atoms with Crippen LogP contribution in [0.1, 0.15) is 12.0 Å². The van der Waals surface area contributed by atoms with Crippen molar-refractivity contribution in [3.05, 3.63) is 42.4 Å². The van der Waals surface area contributed by atoms with Gasteiger partial charge in [0.05, 0.1) is 6.42 Å². The third kappa shape index (κ3) is 5.61. The zero-order chi connectivity index (χ0) is 16.7. The molecule has 0 aromatic carbocycles. The van der Waals surface area contributed by atoms with E-state index in [1.54, 1.807) is 29.3 Å². The van der Waals surface area contributed by atoms with Crippen LogP contribution < -0.4 is 10.6 Å². The summed E-state index contributed by atoms with van der Waals surface area (Å²) in [5.41, 5.74) is 0.907. The average molecular weight is 326 g/mol. The van der Waals surface area contributed by atoms with Crippen molar-refractivity contribution >= 4 is 5.96 Å². The fraction of sp³-hybridized carbons (Fsp3) is 0.357. The fourth-order valence-corrected chi connectivity index (χ4v) is 1.83. The number of nitrogens with zero attached hydrogens (tertiary/aromatic N) is 4. The van der Waals surface area contributed by atoms with Crippen molar-refractivity contribution in [3.63, 3.8) is 0 Å². The second-order valence-corrected chi connectivity index (χ2v) is 4.69. The average Bonchev–Trinajstić information content (AvgIpc) is 3.04. The molecule has 6 nitrogen and oxygen atoms in total. The van der Waals surface area contributed by atoms with E-state index in [1.165, 1.54) is 7.05 Å². The number of nitrogens with one attached hydrogen (secondary N) is 2. The third-order valence-electron chi connectivity index (χ3n) is 2.93. The molecule has 2 aromatic rings. The molecule has 0 saturated heterocycles. The van der Waals surface area contributed by atoms with Crippen LogP contribution in [0.3, 0.4) is 0 Å². The summed E-state index contributed by atoms with van der Waals surface area (Å²) in [7, 11) is 1.50. The van der Waals surface area contributed by atoms with Gasteiger partial charge in [0, 0.05) is 38.7 Å². The van der Waals surface area contributed by atoms with Crippen molar-refractivity contribution in [3.8, 4) is 5.82 Å². The van der Waals surface area contributed by atoms with E-state index in [2.05, 4.69) is 25.7 Å². The second kappa shape index (κ2) is 7.61. The van der Waals surface area contributed by atoms with Crippen LogP contribution in [-0.4, -0.2) is 40.5 Å². The predicted octanol–water partition coefficient (Wildman–Crippen LogP) is 1.88. The van der Waals surface area contributed by atoms with Gasteiger partial charge in [-0.05, 0) is 23.8 Å². The zero-order valence-corrected chi connectivity index (χ0v) is 12.5. The lowest BCUT2D eigenvalue weighted by Crippen LogP contribution is -2.38. The Morgan fingerprint density at radius 1 is 1.30 bits per heavy atom. The largest absolute Gasteiger partial charge is 0.390 e. The third-order valence-corrected chi connectivity index (χ3v) is 2.93. The molecule has 0 aliphatic carbocycles. The highest BCUT2D eigenvalue weighted by molar-refractivity contribution is 5.79. The molecule has 0 fully saturated rings. The normalized spacial score (nSPS) is 12.3. The van der Waals surface area contributed by atoms with Gasteiger partial charge in [0.25, 0.3) is 0 Å². The van der Waals surface area contributed by atoms with Gasteiger partial charge < -0.3 is 10.6 Å². The minimum absolute atomic E-state index is 0.224. The molecule has 0 unspecified atom stereocenters. The van der Waals surface area contributed by atoms with Crippen LogP contribution >= 0.6 is 0 Å². The van der Waals surface area contributed by atoms with Gasteiger partial charge in [0.2, 0.25) is 0 Å². The van der Waals surface area contributed by atoms with Crippen molar-refractivity contribution in [1.82, 2.24) is 25.4 Å². The highest BCUT2D eigenvalue weighted by Gasteiger charge is 2.26. The van der Waals surface area contributed by atoms with Gasteiger partial charge >= 0.3 is 6.18 Å². The highest BCUT2D eigenvalue weighted by atomic mass is 19.4. The van der Waals surface area contributed by atoms with Crippen molar-refractivity contribution < 1.29 is 13.2 Å². The molecule has 2 rings (SSSR count). The number of guanidine groups is 1. The first-order valence-corrected chi connectivity index (χ1v) is 6.94. The summed E-state index contributed by atoms with van der Waals surface area (Å²) < 4.78 is 38.0. The van der Waals surface area contributed by atoms with E-state index in [0.29, 0.717) is 18.3 Å². The Balaban J connectivity index is 1.88. The summed E-state index contributed by atoms with van der Waals surface area (Å²) in [6.07, 6.45) is -0.0218. The van der Waals surface area contributed by atoms with Gasteiger partial charge in [-0.15, -0.1) is 0 Å². The van der Waals surface area contributed by atoms with E-state index in [1.807, 2.05) is 12.1 Å². The summed E-state index contributed by atoms with van der Waals surface area (Å²) in [6.45, 7) is 0.181. The molecule has 23 heavy (non-hydrogen) atoms. The number of hydrogen-bond donors (Lipinski definition) is 2. The molecule has 0 radical (unpaired) electrons. The Morgan fingerprint density at radius 2 is 2.13 bits per heavy atom. The van der Waals surface area contributed by atoms with E-state index in [4.69, 9.17) is 0 Å². The van der Waals surface area contributed by atoms with Crippen LogP contribution in [0.5, 0.6) is 0 Å². The molecule has 0 bridgehead atoms. The standard InChI is InChI=1S/C14H17F3N6/c1-18-13(20-7-4-14(15,16)17)21-10-11-3-6-19-12(9-11)23-8-2-5-22-23/h2-3,5-6,8-9H,4,7,10H2,1H3,(H2,18,20,21). The first kappa shape index (κ1) is 16.8. The Bertz CT molecular complexity index is 636. The van der Waals surface area contributed by atoms with E-state index in [9.17, 15) is 13.2 Å². The topological polar surface area (TPSA) is 67.1 Å².